The molecule has 1 aromatic rings. The van der Waals surface area contributed by atoms with Crippen LogP contribution >= 0.6 is 15.9 Å². The van der Waals surface area contributed by atoms with Gasteiger partial charge in [-0.2, -0.15) is 5.26 Å². The van der Waals surface area contributed by atoms with E-state index in [4.69, 9.17) is 5.41 Å². The molecule has 0 aromatic heterocycles. The highest BCUT2D eigenvalue weighted by molar-refractivity contribution is 9.10. The number of hydrogen-bond acceptors (Lipinski definition) is 2. The molecular weight excluding hydrogens is 300 g/mol. The summed E-state index contributed by atoms with van der Waals surface area (Å²) < 4.78 is -0.811. The summed E-state index contributed by atoms with van der Waals surface area (Å²) in [4.78, 5) is 0. The van der Waals surface area contributed by atoms with Crippen LogP contribution in [-0.2, 0) is 6.42 Å². The summed E-state index contributed by atoms with van der Waals surface area (Å²) >= 11 is 3.66. The Morgan fingerprint density at radius 1 is 1.16 bits per heavy atom. The van der Waals surface area contributed by atoms with Crippen LogP contribution in [0.25, 0.3) is 0 Å². The average Bonchev–Trinajstić information content (AvgIpc) is 2.46. The molecule has 0 radical (unpaired) electrons. The second kappa shape index (κ2) is 4.45. The summed E-state index contributed by atoms with van der Waals surface area (Å²) in [6.45, 7) is 0. The first kappa shape index (κ1) is 12.9. The molecule has 1 spiro atoms. The minimum Gasteiger partial charge on any atom is -0.302 e. The van der Waals surface area contributed by atoms with E-state index in [2.05, 4.69) is 28.1 Å². The SMILES string of the molecule is N#C[C@]1(Br)C(=N)c2ccccc2CC12CCCCC2. The molecule has 1 aromatic carbocycles. The fourth-order valence-corrected chi connectivity index (χ4v) is 4.53. The van der Waals surface area contributed by atoms with E-state index >= 15 is 0 Å². The number of nitrogens with zero attached hydrogens (tertiary/aromatic N) is 1. The lowest BCUT2D eigenvalue weighted by molar-refractivity contribution is 0.177. The molecule has 2 nitrogen and oxygen atoms in total. The second-order valence-electron chi connectivity index (χ2n) is 5.82. The summed E-state index contributed by atoms with van der Waals surface area (Å²) in [5, 5.41) is 18.2. The zero-order valence-corrected chi connectivity index (χ0v) is 12.5. The van der Waals surface area contributed by atoms with Crippen LogP contribution in [0.5, 0.6) is 0 Å². The summed E-state index contributed by atoms with van der Waals surface area (Å²) in [6, 6.07) is 10.5. The molecule has 0 saturated heterocycles. The van der Waals surface area contributed by atoms with Crippen LogP contribution in [-0.4, -0.2) is 10.0 Å². The maximum atomic E-state index is 9.73. The van der Waals surface area contributed by atoms with Gasteiger partial charge in [0.05, 0.1) is 11.8 Å². The van der Waals surface area contributed by atoms with Gasteiger partial charge in [0.15, 0.2) is 4.32 Å². The number of benzene rings is 1. The molecular formula is C16H17BrN2. The first-order valence-corrected chi connectivity index (χ1v) is 7.70. The van der Waals surface area contributed by atoms with Crippen LogP contribution in [0.1, 0.15) is 43.2 Å². The highest BCUT2D eigenvalue weighted by atomic mass is 79.9. The minimum atomic E-state index is -0.811. The normalized spacial score (nSPS) is 28.7. The maximum absolute atomic E-state index is 9.73. The van der Waals surface area contributed by atoms with E-state index in [1.54, 1.807) is 0 Å². The molecule has 0 bridgehead atoms. The van der Waals surface area contributed by atoms with Gasteiger partial charge in [0.25, 0.3) is 0 Å². The topological polar surface area (TPSA) is 47.6 Å². The van der Waals surface area contributed by atoms with E-state index in [1.165, 1.54) is 24.8 Å². The van der Waals surface area contributed by atoms with Crippen molar-refractivity contribution < 1.29 is 0 Å². The van der Waals surface area contributed by atoms with Crippen LogP contribution in [0.15, 0.2) is 24.3 Å². The van der Waals surface area contributed by atoms with Gasteiger partial charge in [-0.25, -0.2) is 0 Å². The van der Waals surface area contributed by atoms with E-state index in [9.17, 15) is 5.26 Å². The fraction of sp³-hybridized carbons (Fsp3) is 0.500. The third-order valence-corrected chi connectivity index (χ3v) is 6.27. The van der Waals surface area contributed by atoms with Gasteiger partial charge in [-0.15, -0.1) is 0 Å². The summed E-state index contributed by atoms with van der Waals surface area (Å²) in [7, 11) is 0. The average molecular weight is 317 g/mol. The van der Waals surface area contributed by atoms with E-state index in [0.29, 0.717) is 5.71 Å². The standard InChI is InChI=1S/C16H17BrN2/c17-16(11-18)14(19)13-7-3-2-6-12(13)10-15(16)8-4-1-5-9-15/h2-3,6-7,19H,1,4-5,8-10H2/t16-/m0/s1. The lowest BCUT2D eigenvalue weighted by Crippen LogP contribution is -2.54. The predicted molar refractivity (Wildman–Crippen MR) is 79.8 cm³/mol. The first-order valence-electron chi connectivity index (χ1n) is 6.90. The Kier molecular flexibility index (Phi) is 3.02. The smallest absolute Gasteiger partial charge is 0.159 e. The third kappa shape index (κ3) is 1.70. The van der Waals surface area contributed by atoms with Crippen LogP contribution in [0.4, 0.5) is 0 Å². The van der Waals surface area contributed by atoms with Crippen LogP contribution in [0, 0.1) is 22.2 Å². The third-order valence-electron chi connectivity index (χ3n) is 4.86. The van der Waals surface area contributed by atoms with Crippen molar-refractivity contribution in [1.82, 2.24) is 0 Å². The van der Waals surface area contributed by atoms with E-state index in [0.717, 1.165) is 24.8 Å². The summed E-state index contributed by atoms with van der Waals surface area (Å²) in [6.07, 6.45) is 6.61. The molecule has 2 aliphatic rings. The van der Waals surface area contributed by atoms with E-state index in [1.807, 2.05) is 18.2 Å². The molecule has 1 saturated carbocycles. The van der Waals surface area contributed by atoms with Gasteiger partial charge in [0.1, 0.15) is 0 Å². The predicted octanol–water partition coefficient (Wildman–Crippen LogP) is 4.22. The molecule has 0 aliphatic heterocycles. The highest BCUT2D eigenvalue weighted by Gasteiger charge is 2.56. The number of rotatable bonds is 0. The monoisotopic (exact) mass is 316 g/mol. The van der Waals surface area contributed by atoms with Gasteiger partial charge < -0.3 is 5.41 Å². The number of fused-ring (bicyclic) bond motifs is 1. The van der Waals surface area contributed by atoms with Crippen LogP contribution < -0.4 is 0 Å². The Hall–Kier alpha value is -1.14. The van der Waals surface area contributed by atoms with Gasteiger partial charge in [-0.05, 0) is 24.8 Å². The van der Waals surface area contributed by atoms with E-state index < -0.39 is 4.32 Å². The van der Waals surface area contributed by atoms with Crippen molar-refractivity contribution in [3.63, 3.8) is 0 Å². The molecule has 1 fully saturated rings. The van der Waals surface area contributed by atoms with Crippen molar-refractivity contribution in [3.8, 4) is 6.07 Å². The number of nitrogens with one attached hydrogen (secondary N) is 1. The maximum Gasteiger partial charge on any atom is 0.159 e. The van der Waals surface area contributed by atoms with Crippen molar-refractivity contribution in [2.75, 3.05) is 0 Å². The van der Waals surface area contributed by atoms with Crippen LogP contribution in [0.3, 0.4) is 0 Å². The van der Waals surface area contributed by atoms with Crippen molar-refractivity contribution in [3.05, 3.63) is 35.4 Å². The molecule has 0 heterocycles. The lowest BCUT2D eigenvalue weighted by atomic mass is 9.58. The number of alkyl halides is 1. The Morgan fingerprint density at radius 2 is 1.84 bits per heavy atom. The fourth-order valence-electron chi connectivity index (χ4n) is 3.78. The van der Waals surface area contributed by atoms with Gasteiger partial charge in [-0.3, -0.25) is 0 Å². The molecule has 1 N–H and O–H groups in total. The second-order valence-corrected chi connectivity index (χ2v) is 7.01. The molecule has 19 heavy (non-hydrogen) atoms. The highest BCUT2D eigenvalue weighted by Crippen LogP contribution is 2.55. The molecule has 1 atom stereocenters. The number of halogens is 1. The first-order chi connectivity index (χ1) is 9.13. The molecule has 98 valence electrons. The van der Waals surface area contributed by atoms with Crippen molar-refractivity contribution in [2.24, 2.45) is 5.41 Å². The Morgan fingerprint density at radius 3 is 2.53 bits per heavy atom. The Labute approximate surface area is 122 Å². The van der Waals surface area contributed by atoms with E-state index in [-0.39, 0.29) is 5.41 Å². The van der Waals surface area contributed by atoms with Gasteiger partial charge in [0, 0.05) is 11.0 Å². The minimum absolute atomic E-state index is 0.0918. The zero-order chi connectivity index (χ0) is 13.5. The molecule has 3 heteroatoms. The Bertz CT molecular complexity index is 566. The molecule has 3 rings (SSSR count). The summed E-state index contributed by atoms with van der Waals surface area (Å²) in [5.74, 6) is 0. The molecule has 0 amide bonds. The van der Waals surface area contributed by atoms with Gasteiger partial charge >= 0.3 is 0 Å². The quantitative estimate of drug-likeness (QED) is 0.716. The van der Waals surface area contributed by atoms with Crippen LogP contribution in [0.2, 0.25) is 0 Å². The van der Waals surface area contributed by atoms with Gasteiger partial charge in [-0.1, -0.05) is 59.5 Å². The Balaban J connectivity index is 2.17. The van der Waals surface area contributed by atoms with Crippen molar-refractivity contribution in [1.29, 1.82) is 10.7 Å². The lowest BCUT2D eigenvalue weighted by Gasteiger charge is -2.49. The number of hydrogen-bond donors (Lipinski definition) is 1. The van der Waals surface area contributed by atoms with Gasteiger partial charge in [0.2, 0.25) is 0 Å². The zero-order valence-electron chi connectivity index (χ0n) is 10.9. The largest absolute Gasteiger partial charge is 0.302 e. The molecule has 2 aliphatic carbocycles. The number of nitriles is 1. The summed E-state index contributed by atoms with van der Waals surface area (Å²) in [5.41, 5.74) is 2.54. The van der Waals surface area contributed by atoms with Crippen molar-refractivity contribution in [2.45, 2.75) is 42.8 Å². The molecule has 0 unspecified atom stereocenters. The van der Waals surface area contributed by atoms with Crippen molar-refractivity contribution >= 4 is 21.6 Å².